The summed E-state index contributed by atoms with van der Waals surface area (Å²) in [6, 6.07) is 6.47. The molecule has 3 nitrogen and oxygen atoms in total. The van der Waals surface area contributed by atoms with Crippen molar-refractivity contribution < 1.29 is 0 Å². The monoisotopic (exact) mass is 449 g/mol. The van der Waals surface area contributed by atoms with Gasteiger partial charge in [0.25, 0.3) is 0 Å². The molecule has 0 unspecified atom stereocenters. The molecule has 6 heteroatoms. The van der Waals surface area contributed by atoms with Crippen LogP contribution in [-0.4, -0.2) is 31.5 Å². The average Bonchev–Trinajstić information content (AvgIpc) is 3.12. The molecular weight excluding hydrogens is 425 g/mol. The van der Waals surface area contributed by atoms with Crippen LogP contribution in [0.5, 0.6) is 0 Å². The van der Waals surface area contributed by atoms with Crippen LogP contribution >= 0.6 is 46.7 Å². The molecule has 22 heavy (non-hydrogen) atoms. The number of aliphatic imine (C=N–C) groups is 1. The van der Waals surface area contributed by atoms with Crippen LogP contribution in [0.1, 0.15) is 24.3 Å². The number of nitrogens with zero attached hydrogens (tertiary/aromatic N) is 2. The Morgan fingerprint density at radius 2 is 2.09 bits per heavy atom. The van der Waals surface area contributed by atoms with E-state index in [0.717, 1.165) is 19.0 Å². The van der Waals surface area contributed by atoms with Gasteiger partial charge >= 0.3 is 0 Å². The summed E-state index contributed by atoms with van der Waals surface area (Å²) in [6.45, 7) is 6.27. The highest BCUT2D eigenvalue weighted by Gasteiger charge is 2.22. The third kappa shape index (κ3) is 5.24. The Kier molecular flexibility index (Phi) is 7.85. The fraction of sp³-hybridized carbons (Fsp3) is 0.438. The quantitative estimate of drug-likeness (QED) is 0.416. The van der Waals surface area contributed by atoms with Gasteiger partial charge in [0.1, 0.15) is 0 Å². The van der Waals surface area contributed by atoms with Crippen LogP contribution < -0.4 is 5.32 Å². The number of nitrogens with one attached hydrogen (secondary N) is 1. The molecule has 0 aliphatic carbocycles. The predicted molar refractivity (Wildman–Crippen MR) is 110 cm³/mol. The first-order valence-corrected chi connectivity index (χ1v) is 8.82. The van der Waals surface area contributed by atoms with Gasteiger partial charge in [-0.05, 0) is 33.8 Å². The van der Waals surface area contributed by atoms with Crippen LogP contribution in [0.25, 0.3) is 0 Å². The second kappa shape index (κ2) is 8.88. The lowest BCUT2D eigenvalue weighted by Crippen LogP contribution is -2.43. The highest BCUT2D eigenvalue weighted by atomic mass is 127. The summed E-state index contributed by atoms with van der Waals surface area (Å²) in [6.07, 6.45) is 0. The molecule has 0 radical (unpaired) electrons. The number of guanidine groups is 1. The van der Waals surface area contributed by atoms with Crippen molar-refractivity contribution in [2.24, 2.45) is 4.99 Å². The van der Waals surface area contributed by atoms with Crippen LogP contribution in [0.3, 0.4) is 0 Å². The predicted octanol–water partition coefficient (Wildman–Crippen LogP) is 4.41. The summed E-state index contributed by atoms with van der Waals surface area (Å²) in [5.74, 6) is 0.936. The minimum Gasteiger partial charge on any atom is -0.355 e. The first-order valence-electron chi connectivity index (χ1n) is 7.00. The fourth-order valence-corrected chi connectivity index (χ4v) is 3.68. The van der Waals surface area contributed by atoms with Crippen molar-refractivity contribution in [3.05, 3.63) is 44.8 Å². The van der Waals surface area contributed by atoms with Gasteiger partial charge in [-0.1, -0.05) is 19.9 Å². The van der Waals surface area contributed by atoms with Crippen LogP contribution in [0, 0.1) is 0 Å². The van der Waals surface area contributed by atoms with E-state index < -0.39 is 0 Å². The lowest BCUT2D eigenvalue weighted by Gasteiger charge is -2.28. The van der Waals surface area contributed by atoms with E-state index in [4.69, 9.17) is 0 Å². The van der Waals surface area contributed by atoms with Gasteiger partial charge < -0.3 is 10.2 Å². The number of halogens is 1. The maximum Gasteiger partial charge on any atom is 0.193 e. The fourth-order valence-electron chi connectivity index (χ4n) is 2.17. The third-order valence-electron chi connectivity index (χ3n) is 3.45. The first kappa shape index (κ1) is 19.4. The number of thiophene rings is 2. The smallest absolute Gasteiger partial charge is 0.193 e. The minimum atomic E-state index is 0. The highest BCUT2D eigenvalue weighted by Crippen LogP contribution is 2.26. The Hall–Kier alpha value is -0.600. The summed E-state index contributed by atoms with van der Waals surface area (Å²) >= 11 is 3.54. The molecule has 0 saturated heterocycles. The molecule has 2 aromatic rings. The maximum atomic E-state index is 4.39. The molecule has 1 N–H and O–H groups in total. The van der Waals surface area contributed by atoms with E-state index in [1.807, 2.05) is 18.4 Å². The Morgan fingerprint density at radius 1 is 1.32 bits per heavy atom. The van der Waals surface area contributed by atoms with E-state index >= 15 is 0 Å². The van der Waals surface area contributed by atoms with Gasteiger partial charge in [-0.25, -0.2) is 0 Å². The second-order valence-electron chi connectivity index (χ2n) is 5.75. The molecule has 2 rings (SSSR count). The molecule has 0 atom stereocenters. The van der Waals surface area contributed by atoms with Gasteiger partial charge in [0.15, 0.2) is 5.96 Å². The lowest BCUT2D eigenvalue weighted by molar-refractivity contribution is 0.452. The molecule has 2 aromatic heterocycles. The molecule has 0 aliphatic heterocycles. The first-order chi connectivity index (χ1) is 10.0. The molecule has 0 bridgehead atoms. The summed E-state index contributed by atoms with van der Waals surface area (Å²) in [7, 11) is 3.91. The largest absolute Gasteiger partial charge is 0.355 e. The van der Waals surface area contributed by atoms with Gasteiger partial charge in [-0.3, -0.25) is 4.99 Å². The van der Waals surface area contributed by atoms with Crippen molar-refractivity contribution in [3.63, 3.8) is 0 Å². The summed E-state index contributed by atoms with van der Waals surface area (Å²) < 4.78 is 0. The normalized spacial score (nSPS) is 11.9. The summed E-state index contributed by atoms with van der Waals surface area (Å²) in [5, 5.41) is 9.92. The van der Waals surface area contributed by atoms with Crippen molar-refractivity contribution in [1.82, 2.24) is 10.2 Å². The zero-order chi connectivity index (χ0) is 15.3. The number of rotatable bonds is 5. The van der Waals surface area contributed by atoms with E-state index in [0.29, 0.717) is 0 Å². The van der Waals surface area contributed by atoms with E-state index in [9.17, 15) is 0 Å². The Balaban J connectivity index is 0.00000242. The van der Waals surface area contributed by atoms with E-state index in [-0.39, 0.29) is 29.4 Å². The summed E-state index contributed by atoms with van der Waals surface area (Å²) in [4.78, 5) is 7.94. The van der Waals surface area contributed by atoms with Crippen molar-refractivity contribution >= 4 is 52.6 Å². The van der Waals surface area contributed by atoms with Crippen molar-refractivity contribution in [2.75, 3.05) is 20.6 Å². The Bertz CT molecular complexity index is 562. The maximum absolute atomic E-state index is 4.39. The average molecular weight is 449 g/mol. The van der Waals surface area contributed by atoms with Gasteiger partial charge in [0.2, 0.25) is 0 Å². The molecule has 0 aromatic carbocycles. The van der Waals surface area contributed by atoms with Crippen molar-refractivity contribution in [2.45, 2.75) is 25.8 Å². The van der Waals surface area contributed by atoms with Crippen LogP contribution in [0.2, 0.25) is 0 Å². The van der Waals surface area contributed by atoms with Gasteiger partial charge in [0, 0.05) is 37.5 Å². The van der Waals surface area contributed by atoms with Gasteiger partial charge in [-0.15, -0.1) is 35.3 Å². The Morgan fingerprint density at radius 3 is 2.64 bits per heavy atom. The topological polar surface area (TPSA) is 27.6 Å². The number of hydrogen-bond acceptors (Lipinski definition) is 3. The van der Waals surface area contributed by atoms with Gasteiger partial charge in [0.05, 0.1) is 0 Å². The zero-order valence-electron chi connectivity index (χ0n) is 13.5. The molecule has 0 aliphatic rings. The number of hydrogen-bond donors (Lipinski definition) is 1. The molecule has 0 fully saturated rings. The standard InChI is InChI=1S/C16H23N3S2.HI/c1-16(2,14-6-5-8-21-14)12-18-15(17-3)19(4)10-13-7-9-20-11-13;/h5-9,11H,10,12H2,1-4H3,(H,17,18);1H. The molecule has 122 valence electrons. The van der Waals surface area contributed by atoms with E-state index in [1.54, 1.807) is 11.3 Å². The van der Waals surface area contributed by atoms with E-state index in [2.05, 4.69) is 70.4 Å². The zero-order valence-corrected chi connectivity index (χ0v) is 17.5. The SMILES string of the molecule is CN=C(NCC(C)(C)c1cccs1)N(C)Cc1ccsc1.I. The van der Waals surface area contributed by atoms with Gasteiger partial charge in [-0.2, -0.15) is 11.3 Å². The highest BCUT2D eigenvalue weighted by molar-refractivity contribution is 14.0. The molecular formula is C16H24IN3S2. The lowest BCUT2D eigenvalue weighted by atomic mass is 9.91. The van der Waals surface area contributed by atoms with Crippen molar-refractivity contribution in [1.29, 1.82) is 0 Å². The molecule has 0 saturated carbocycles. The molecule has 0 amide bonds. The minimum absolute atomic E-state index is 0. The summed E-state index contributed by atoms with van der Waals surface area (Å²) in [5.41, 5.74) is 1.43. The third-order valence-corrected chi connectivity index (χ3v) is 5.42. The molecule has 0 spiro atoms. The van der Waals surface area contributed by atoms with Crippen LogP contribution in [0.15, 0.2) is 39.3 Å². The Labute approximate surface area is 158 Å². The van der Waals surface area contributed by atoms with Crippen LogP contribution in [0.4, 0.5) is 0 Å². The van der Waals surface area contributed by atoms with Crippen LogP contribution in [-0.2, 0) is 12.0 Å². The second-order valence-corrected chi connectivity index (χ2v) is 7.48. The van der Waals surface area contributed by atoms with Crippen molar-refractivity contribution in [3.8, 4) is 0 Å². The molecule has 2 heterocycles. The van der Waals surface area contributed by atoms with E-state index in [1.165, 1.54) is 10.4 Å².